The smallest absolute Gasteiger partial charge is 0.240 e. The summed E-state index contributed by atoms with van der Waals surface area (Å²) in [6, 6.07) is 5.40. The Morgan fingerprint density at radius 2 is 2.14 bits per heavy atom. The average Bonchev–Trinajstić information content (AvgIpc) is 3.04. The zero-order valence-electron chi connectivity index (χ0n) is 11.9. The summed E-state index contributed by atoms with van der Waals surface area (Å²) >= 11 is 1.40. The molecule has 1 aliphatic rings. The number of thioether (sulfide) groups is 1. The fourth-order valence-electron chi connectivity index (χ4n) is 2.44. The standard InChI is InChI=1S/C15H14F2N2O2S/c1-9-7-10(21-18-9)8-22-13-5-6-19(15(13)20)14-11(16)3-2-4-12(14)17/h2-4,7,13H,5-6,8H2,1H3/t13-/m1/s1. The van der Waals surface area contributed by atoms with E-state index in [2.05, 4.69) is 5.16 Å². The lowest BCUT2D eigenvalue weighted by Crippen LogP contribution is -2.29. The summed E-state index contributed by atoms with van der Waals surface area (Å²) < 4.78 is 32.7. The molecule has 116 valence electrons. The molecule has 4 nitrogen and oxygen atoms in total. The van der Waals surface area contributed by atoms with Gasteiger partial charge in [0.1, 0.15) is 23.1 Å². The first-order valence-electron chi connectivity index (χ1n) is 6.85. The molecule has 1 saturated heterocycles. The molecule has 0 N–H and O–H groups in total. The van der Waals surface area contributed by atoms with Crippen molar-refractivity contribution < 1.29 is 18.1 Å². The van der Waals surface area contributed by atoms with E-state index in [1.54, 1.807) is 6.07 Å². The molecule has 2 aromatic rings. The highest BCUT2D eigenvalue weighted by molar-refractivity contribution is 7.99. The molecule has 0 radical (unpaired) electrons. The van der Waals surface area contributed by atoms with Crippen molar-refractivity contribution in [2.45, 2.75) is 24.3 Å². The first kappa shape index (κ1) is 15.0. The number of rotatable bonds is 4. The second kappa shape index (κ2) is 6.08. The van der Waals surface area contributed by atoms with Crippen molar-refractivity contribution in [1.82, 2.24) is 5.16 Å². The first-order valence-corrected chi connectivity index (χ1v) is 7.90. The molecule has 1 fully saturated rings. The minimum absolute atomic E-state index is 0.258. The Balaban J connectivity index is 1.69. The molecule has 1 aromatic heterocycles. The highest BCUT2D eigenvalue weighted by atomic mass is 32.2. The Morgan fingerprint density at radius 1 is 1.41 bits per heavy atom. The molecule has 0 bridgehead atoms. The number of aryl methyl sites for hydroxylation is 1. The van der Waals surface area contributed by atoms with E-state index in [0.717, 1.165) is 17.8 Å². The second-order valence-electron chi connectivity index (χ2n) is 5.08. The van der Waals surface area contributed by atoms with Gasteiger partial charge < -0.3 is 9.42 Å². The van der Waals surface area contributed by atoms with E-state index >= 15 is 0 Å². The van der Waals surface area contributed by atoms with Gasteiger partial charge in [-0.25, -0.2) is 8.78 Å². The number of carbonyl (C=O) groups is 1. The van der Waals surface area contributed by atoms with Crippen LogP contribution in [0.2, 0.25) is 0 Å². The van der Waals surface area contributed by atoms with E-state index in [4.69, 9.17) is 4.52 Å². The van der Waals surface area contributed by atoms with E-state index in [0.29, 0.717) is 24.5 Å². The number of anilines is 1. The lowest BCUT2D eigenvalue weighted by atomic mass is 10.2. The van der Waals surface area contributed by atoms with Crippen LogP contribution in [-0.2, 0) is 10.5 Å². The van der Waals surface area contributed by atoms with Crippen LogP contribution in [0.4, 0.5) is 14.5 Å². The molecule has 22 heavy (non-hydrogen) atoms. The monoisotopic (exact) mass is 324 g/mol. The molecule has 0 spiro atoms. The Bertz CT molecular complexity index is 684. The van der Waals surface area contributed by atoms with Crippen molar-refractivity contribution in [3.63, 3.8) is 0 Å². The molecule has 1 amide bonds. The van der Waals surface area contributed by atoms with Crippen LogP contribution in [0.25, 0.3) is 0 Å². The SMILES string of the molecule is Cc1cc(CS[C@@H]2CCN(c3c(F)cccc3F)C2=O)on1. The van der Waals surface area contributed by atoms with Gasteiger partial charge in [-0.1, -0.05) is 11.2 Å². The Hall–Kier alpha value is -1.89. The van der Waals surface area contributed by atoms with Crippen molar-refractivity contribution >= 4 is 23.4 Å². The van der Waals surface area contributed by atoms with Gasteiger partial charge in [-0.15, -0.1) is 11.8 Å². The molecular formula is C15H14F2N2O2S. The zero-order valence-corrected chi connectivity index (χ0v) is 12.7. The highest BCUT2D eigenvalue weighted by Crippen LogP contribution is 2.33. The van der Waals surface area contributed by atoms with E-state index < -0.39 is 11.6 Å². The van der Waals surface area contributed by atoms with E-state index in [-0.39, 0.29) is 16.8 Å². The van der Waals surface area contributed by atoms with Gasteiger partial charge in [0.05, 0.1) is 16.7 Å². The molecule has 1 aromatic carbocycles. The highest BCUT2D eigenvalue weighted by Gasteiger charge is 2.35. The molecule has 0 unspecified atom stereocenters. The normalized spacial score (nSPS) is 18.2. The van der Waals surface area contributed by atoms with Crippen LogP contribution in [0, 0.1) is 18.6 Å². The zero-order chi connectivity index (χ0) is 15.7. The van der Waals surface area contributed by atoms with Gasteiger partial charge in [-0.05, 0) is 25.5 Å². The van der Waals surface area contributed by atoms with Crippen LogP contribution in [-0.4, -0.2) is 22.9 Å². The summed E-state index contributed by atoms with van der Waals surface area (Å²) in [6.07, 6.45) is 0.546. The third kappa shape index (κ3) is 2.85. The van der Waals surface area contributed by atoms with Gasteiger partial charge in [0.2, 0.25) is 5.91 Å². The summed E-state index contributed by atoms with van der Waals surface area (Å²) in [6.45, 7) is 2.13. The number of hydrogen-bond donors (Lipinski definition) is 0. The lowest BCUT2D eigenvalue weighted by Gasteiger charge is -2.18. The third-order valence-electron chi connectivity index (χ3n) is 3.47. The maximum Gasteiger partial charge on any atom is 0.240 e. The maximum atomic E-state index is 13.8. The number of benzene rings is 1. The van der Waals surface area contributed by atoms with E-state index in [1.165, 1.54) is 22.7 Å². The molecule has 1 atom stereocenters. The largest absolute Gasteiger partial charge is 0.360 e. The Labute approximate surface area is 130 Å². The molecular weight excluding hydrogens is 310 g/mol. The fraction of sp³-hybridized carbons (Fsp3) is 0.333. The summed E-state index contributed by atoms with van der Waals surface area (Å²) in [4.78, 5) is 13.6. The average molecular weight is 324 g/mol. The quantitative estimate of drug-likeness (QED) is 0.866. The van der Waals surface area contributed by atoms with Gasteiger partial charge in [-0.3, -0.25) is 4.79 Å². The van der Waals surface area contributed by atoms with E-state index in [1.807, 2.05) is 6.92 Å². The van der Waals surface area contributed by atoms with Crippen molar-refractivity contribution in [1.29, 1.82) is 0 Å². The van der Waals surface area contributed by atoms with Crippen LogP contribution in [0.5, 0.6) is 0 Å². The summed E-state index contributed by atoms with van der Waals surface area (Å²) in [5, 5.41) is 3.45. The van der Waals surface area contributed by atoms with E-state index in [9.17, 15) is 13.6 Å². The van der Waals surface area contributed by atoms with Gasteiger partial charge in [-0.2, -0.15) is 0 Å². The van der Waals surface area contributed by atoms with Crippen LogP contribution < -0.4 is 4.90 Å². The molecule has 0 saturated carbocycles. The number of amides is 1. The maximum absolute atomic E-state index is 13.8. The predicted octanol–water partition coefficient (Wildman–Crippen LogP) is 3.30. The summed E-state index contributed by atoms with van der Waals surface area (Å²) in [7, 11) is 0. The predicted molar refractivity (Wildman–Crippen MR) is 79.7 cm³/mol. The topological polar surface area (TPSA) is 46.3 Å². The lowest BCUT2D eigenvalue weighted by molar-refractivity contribution is -0.116. The van der Waals surface area contributed by atoms with Crippen LogP contribution >= 0.6 is 11.8 Å². The van der Waals surface area contributed by atoms with Gasteiger partial charge in [0.25, 0.3) is 0 Å². The third-order valence-corrected chi connectivity index (χ3v) is 4.76. The van der Waals surface area contributed by atoms with Crippen molar-refractivity contribution in [3.8, 4) is 0 Å². The number of aromatic nitrogens is 1. The molecule has 0 aliphatic carbocycles. The molecule has 3 rings (SSSR count). The fourth-order valence-corrected chi connectivity index (χ4v) is 3.49. The first-order chi connectivity index (χ1) is 10.6. The van der Waals surface area contributed by atoms with Crippen LogP contribution in [0.3, 0.4) is 0 Å². The number of carbonyl (C=O) groups excluding carboxylic acids is 1. The van der Waals surface area contributed by atoms with Gasteiger partial charge in [0.15, 0.2) is 0 Å². The molecule has 1 aliphatic heterocycles. The van der Waals surface area contributed by atoms with Crippen molar-refractivity contribution in [2.75, 3.05) is 11.4 Å². The number of halogens is 2. The number of nitrogens with zero attached hydrogens (tertiary/aromatic N) is 2. The Kier molecular flexibility index (Phi) is 4.15. The molecule has 7 heteroatoms. The summed E-state index contributed by atoms with van der Waals surface area (Å²) in [5.41, 5.74) is 0.523. The minimum Gasteiger partial charge on any atom is -0.360 e. The van der Waals surface area contributed by atoms with Crippen molar-refractivity contribution in [2.24, 2.45) is 0 Å². The second-order valence-corrected chi connectivity index (χ2v) is 6.27. The van der Waals surface area contributed by atoms with Crippen molar-refractivity contribution in [3.05, 3.63) is 47.4 Å². The Morgan fingerprint density at radius 3 is 2.77 bits per heavy atom. The molecule has 2 heterocycles. The minimum atomic E-state index is -0.718. The van der Waals surface area contributed by atoms with Gasteiger partial charge >= 0.3 is 0 Å². The van der Waals surface area contributed by atoms with Crippen LogP contribution in [0.15, 0.2) is 28.8 Å². The number of hydrogen-bond acceptors (Lipinski definition) is 4. The summed E-state index contributed by atoms with van der Waals surface area (Å²) in [5.74, 6) is -0.518. The van der Waals surface area contributed by atoms with Crippen LogP contribution in [0.1, 0.15) is 17.9 Å². The van der Waals surface area contributed by atoms with Gasteiger partial charge in [0, 0.05) is 12.6 Å². The number of para-hydroxylation sites is 1.